The second-order valence-corrected chi connectivity index (χ2v) is 3.94. The number of urea groups is 1. The molecule has 0 aromatic heterocycles. The number of carboxylic acid groups (broad SMARTS) is 1. The zero-order valence-corrected chi connectivity index (χ0v) is 11.1. The number of aliphatic carboxylic acids is 1. The van der Waals surface area contributed by atoms with Gasteiger partial charge in [-0.1, -0.05) is 13.3 Å². The van der Waals surface area contributed by atoms with Crippen LogP contribution in [-0.4, -0.2) is 53.1 Å². The Balaban J connectivity index is 4.31. The molecule has 17 heavy (non-hydrogen) atoms. The number of hydrogen-bond acceptors (Lipinski definition) is 2. The molecule has 0 bridgehead atoms. The molecule has 100 valence electrons. The zero-order valence-electron chi connectivity index (χ0n) is 11.1. The Hall–Kier alpha value is -1.26. The Morgan fingerprint density at radius 2 is 1.53 bits per heavy atom. The minimum atomic E-state index is -0.868. The SMILES string of the molecule is CCCCN(CC)C(=O)N(CC)CCC(=O)O. The highest BCUT2D eigenvalue weighted by atomic mass is 16.4. The summed E-state index contributed by atoms with van der Waals surface area (Å²) >= 11 is 0. The predicted molar refractivity (Wildman–Crippen MR) is 67.1 cm³/mol. The van der Waals surface area contributed by atoms with E-state index in [1.807, 2.05) is 13.8 Å². The largest absolute Gasteiger partial charge is 0.481 e. The van der Waals surface area contributed by atoms with Crippen molar-refractivity contribution in [3.63, 3.8) is 0 Å². The van der Waals surface area contributed by atoms with E-state index in [9.17, 15) is 9.59 Å². The lowest BCUT2D eigenvalue weighted by atomic mass is 10.3. The first-order valence-electron chi connectivity index (χ1n) is 6.32. The number of carbonyl (C=O) groups is 2. The summed E-state index contributed by atoms with van der Waals surface area (Å²) in [6, 6.07) is -0.0512. The quantitative estimate of drug-likeness (QED) is 0.710. The van der Waals surface area contributed by atoms with Crippen molar-refractivity contribution >= 4 is 12.0 Å². The van der Waals surface area contributed by atoms with Crippen LogP contribution in [0.25, 0.3) is 0 Å². The lowest BCUT2D eigenvalue weighted by Crippen LogP contribution is -2.44. The van der Waals surface area contributed by atoms with Gasteiger partial charge in [0, 0.05) is 26.2 Å². The molecule has 0 unspecified atom stereocenters. The third-order valence-corrected chi connectivity index (χ3v) is 2.68. The molecular weight excluding hydrogens is 220 g/mol. The van der Waals surface area contributed by atoms with Gasteiger partial charge in [0.25, 0.3) is 0 Å². The fourth-order valence-corrected chi connectivity index (χ4v) is 1.56. The third kappa shape index (κ3) is 6.14. The molecule has 0 spiro atoms. The van der Waals surface area contributed by atoms with Gasteiger partial charge in [-0.3, -0.25) is 4.79 Å². The van der Waals surface area contributed by atoms with Crippen LogP contribution in [0.5, 0.6) is 0 Å². The van der Waals surface area contributed by atoms with Gasteiger partial charge in [0.2, 0.25) is 0 Å². The standard InChI is InChI=1S/C12H24N2O3/c1-4-7-9-13(5-2)12(17)14(6-3)10-8-11(15)16/h4-10H2,1-3H3,(H,15,16). The van der Waals surface area contributed by atoms with E-state index in [2.05, 4.69) is 6.92 Å². The average Bonchev–Trinajstić information content (AvgIpc) is 2.30. The number of unbranched alkanes of at least 4 members (excludes halogenated alkanes) is 1. The van der Waals surface area contributed by atoms with Crippen LogP contribution in [0.3, 0.4) is 0 Å². The number of nitrogens with zero attached hydrogens (tertiary/aromatic N) is 2. The molecule has 0 saturated carbocycles. The first kappa shape index (κ1) is 15.7. The van der Waals surface area contributed by atoms with Gasteiger partial charge in [-0.25, -0.2) is 4.79 Å². The van der Waals surface area contributed by atoms with Crippen molar-refractivity contribution in [3.05, 3.63) is 0 Å². The van der Waals surface area contributed by atoms with E-state index >= 15 is 0 Å². The molecule has 5 heteroatoms. The maximum Gasteiger partial charge on any atom is 0.319 e. The Bertz CT molecular complexity index is 244. The zero-order chi connectivity index (χ0) is 13.3. The summed E-state index contributed by atoms with van der Waals surface area (Å²) in [5, 5.41) is 8.63. The van der Waals surface area contributed by atoms with Crippen LogP contribution in [0.15, 0.2) is 0 Å². The molecule has 0 heterocycles. The van der Waals surface area contributed by atoms with E-state index in [0.717, 1.165) is 19.4 Å². The molecule has 0 radical (unpaired) electrons. The summed E-state index contributed by atoms with van der Waals surface area (Å²) in [6.07, 6.45) is 2.03. The van der Waals surface area contributed by atoms with Crippen LogP contribution in [0, 0.1) is 0 Å². The number of rotatable bonds is 8. The van der Waals surface area contributed by atoms with Crippen LogP contribution in [0.2, 0.25) is 0 Å². The highest BCUT2D eigenvalue weighted by Gasteiger charge is 2.18. The number of carbonyl (C=O) groups excluding carboxylic acids is 1. The first-order chi connectivity index (χ1) is 8.06. The van der Waals surface area contributed by atoms with E-state index in [1.165, 1.54) is 0 Å². The van der Waals surface area contributed by atoms with Gasteiger partial charge in [0.15, 0.2) is 0 Å². The number of hydrogen-bond donors (Lipinski definition) is 1. The highest BCUT2D eigenvalue weighted by Crippen LogP contribution is 2.03. The summed E-state index contributed by atoms with van der Waals surface area (Å²) in [7, 11) is 0. The van der Waals surface area contributed by atoms with Gasteiger partial charge in [-0.05, 0) is 20.3 Å². The van der Waals surface area contributed by atoms with Crippen molar-refractivity contribution in [1.82, 2.24) is 9.80 Å². The summed E-state index contributed by atoms with van der Waals surface area (Å²) in [4.78, 5) is 25.9. The second-order valence-electron chi connectivity index (χ2n) is 3.94. The molecule has 2 amide bonds. The minimum absolute atomic E-state index is 0.00487. The van der Waals surface area contributed by atoms with Crippen molar-refractivity contribution in [2.45, 2.75) is 40.0 Å². The van der Waals surface area contributed by atoms with Crippen molar-refractivity contribution in [2.75, 3.05) is 26.2 Å². The summed E-state index contributed by atoms with van der Waals surface area (Å²) in [6.45, 7) is 8.15. The van der Waals surface area contributed by atoms with Gasteiger partial charge in [-0.2, -0.15) is 0 Å². The van der Waals surface area contributed by atoms with E-state index in [1.54, 1.807) is 9.80 Å². The van der Waals surface area contributed by atoms with Crippen LogP contribution < -0.4 is 0 Å². The second kappa shape index (κ2) is 8.84. The molecule has 0 saturated heterocycles. The van der Waals surface area contributed by atoms with E-state index < -0.39 is 5.97 Å². The molecule has 0 aromatic carbocycles. The molecule has 0 aliphatic rings. The molecule has 0 atom stereocenters. The van der Waals surface area contributed by atoms with Crippen LogP contribution in [0.4, 0.5) is 4.79 Å². The lowest BCUT2D eigenvalue weighted by molar-refractivity contribution is -0.137. The topological polar surface area (TPSA) is 60.9 Å². The Labute approximate surface area is 103 Å². The Morgan fingerprint density at radius 1 is 1.00 bits per heavy atom. The average molecular weight is 244 g/mol. The van der Waals surface area contributed by atoms with Crippen LogP contribution in [0.1, 0.15) is 40.0 Å². The normalized spacial score (nSPS) is 10.1. The molecular formula is C12H24N2O3. The number of amides is 2. The molecule has 1 N–H and O–H groups in total. The number of carboxylic acids is 1. The monoisotopic (exact) mass is 244 g/mol. The molecule has 0 aliphatic carbocycles. The van der Waals surface area contributed by atoms with E-state index in [4.69, 9.17) is 5.11 Å². The van der Waals surface area contributed by atoms with Gasteiger partial charge in [0.05, 0.1) is 6.42 Å². The van der Waals surface area contributed by atoms with Crippen molar-refractivity contribution < 1.29 is 14.7 Å². The molecule has 0 fully saturated rings. The highest BCUT2D eigenvalue weighted by molar-refractivity contribution is 5.75. The third-order valence-electron chi connectivity index (χ3n) is 2.68. The summed E-state index contributed by atoms with van der Waals surface area (Å²) in [5.74, 6) is -0.868. The predicted octanol–water partition coefficient (Wildman–Crippen LogP) is 2.02. The maximum absolute atomic E-state index is 12.1. The smallest absolute Gasteiger partial charge is 0.319 e. The first-order valence-corrected chi connectivity index (χ1v) is 6.32. The van der Waals surface area contributed by atoms with Gasteiger partial charge in [0.1, 0.15) is 0 Å². The molecule has 0 rings (SSSR count). The van der Waals surface area contributed by atoms with Gasteiger partial charge >= 0.3 is 12.0 Å². The van der Waals surface area contributed by atoms with Crippen LogP contribution in [-0.2, 0) is 4.79 Å². The van der Waals surface area contributed by atoms with E-state index in [-0.39, 0.29) is 19.0 Å². The minimum Gasteiger partial charge on any atom is -0.481 e. The van der Waals surface area contributed by atoms with E-state index in [0.29, 0.717) is 13.1 Å². The Kier molecular flexibility index (Phi) is 8.19. The summed E-state index contributed by atoms with van der Waals surface area (Å²) in [5.41, 5.74) is 0. The molecule has 0 aliphatic heterocycles. The van der Waals surface area contributed by atoms with Gasteiger partial charge < -0.3 is 14.9 Å². The van der Waals surface area contributed by atoms with Crippen molar-refractivity contribution in [3.8, 4) is 0 Å². The summed E-state index contributed by atoms with van der Waals surface area (Å²) < 4.78 is 0. The lowest BCUT2D eigenvalue weighted by Gasteiger charge is -2.28. The molecule has 0 aromatic rings. The fraction of sp³-hybridized carbons (Fsp3) is 0.833. The molecule has 5 nitrogen and oxygen atoms in total. The van der Waals surface area contributed by atoms with Gasteiger partial charge in [-0.15, -0.1) is 0 Å². The maximum atomic E-state index is 12.1. The Morgan fingerprint density at radius 3 is 1.94 bits per heavy atom. The van der Waals surface area contributed by atoms with Crippen LogP contribution >= 0.6 is 0 Å². The fourth-order valence-electron chi connectivity index (χ4n) is 1.56. The van der Waals surface area contributed by atoms with Crippen molar-refractivity contribution in [2.24, 2.45) is 0 Å². The van der Waals surface area contributed by atoms with Crippen molar-refractivity contribution in [1.29, 1.82) is 0 Å².